The Hall–Kier alpha value is -2.97. The van der Waals surface area contributed by atoms with E-state index in [1.54, 1.807) is 24.3 Å². The summed E-state index contributed by atoms with van der Waals surface area (Å²) in [5, 5.41) is 12.5. The van der Waals surface area contributed by atoms with Crippen LogP contribution in [0.3, 0.4) is 0 Å². The van der Waals surface area contributed by atoms with Gasteiger partial charge in [-0.3, -0.25) is 4.79 Å². The van der Waals surface area contributed by atoms with Crippen LogP contribution in [0.5, 0.6) is 0 Å². The molecule has 0 atom stereocenters. The average Bonchev–Trinajstić information content (AvgIpc) is 2.82. The van der Waals surface area contributed by atoms with Crippen LogP contribution in [0.15, 0.2) is 42.6 Å². The van der Waals surface area contributed by atoms with Crippen LogP contribution in [-0.4, -0.2) is 72.3 Å². The fraction of sp³-hybridized carbons (Fsp3) is 0.480. The summed E-state index contributed by atoms with van der Waals surface area (Å²) in [4.78, 5) is 33.2. The molecule has 8 heteroatoms. The van der Waals surface area contributed by atoms with E-state index in [4.69, 9.17) is 4.74 Å². The fourth-order valence-electron chi connectivity index (χ4n) is 4.06. The Kier molecular flexibility index (Phi) is 8.79. The Morgan fingerprint density at radius 1 is 1.24 bits per heavy atom. The lowest BCUT2D eigenvalue weighted by atomic mass is 10.0. The number of nitrogens with zero attached hydrogens (tertiary/aromatic N) is 3. The number of aromatic nitrogens is 1. The van der Waals surface area contributed by atoms with E-state index >= 15 is 0 Å². The number of pyridine rings is 1. The van der Waals surface area contributed by atoms with Crippen molar-refractivity contribution < 1.29 is 19.4 Å². The average molecular weight is 455 g/mol. The number of carbonyl (C=O) groups excluding carboxylic acids is 1. The molecule has 1 amide bonds. The van der Waals surface area contributed by atoms with E-state index in [2.05, 4.69) is 22.2 Å². The van der Waals surface area contributed by atoms with Crippen molar-refractivity contribution in [2.45, 2.75) is 45.3 Å². The highest BCUT2D eigenvalue weighted by atomic mass is 16.5. The highest BCUT2D eigenvalue weighted by Gasteiger charge is 2.26. The van der Waals surface area contributed by atoms with E-state index in [0.29, 0.717) is 23.1 Å². The van der Waals surface area contributed by atoms with Gasteiger partial charge in [0.15, 0.2) is 0 Å². The molecule has 0 bridgehead atoms. The van der Waals surface area contributed by atoms with Crippen LogP contribution >= 0.6 is 0 Å². The number of carboxylic acids is 1. The van der Waals surface area contributed by atoms with E-state index in [0.717, 1.165) is 45.5 Å². The van der Waals surface area contributed by atoms with Gasteiger partial charge in [0.05, 0.1) is 18.0 Å². The van der Waals surface area contributed by atoms with Crippen molar-refractivity contribution in [2.24, 2.45) is 0 Å². The first-order valence-electron chi connectivity index (χ1n) is 11.5. The minimum atomic E-state index is -1.06. The van der Waals surface area contributed by atoms with Gasteiger partial charge in [0.1, 0.15) is 11.4 Å². The summed E-state index contributed by atoms with van der Waals surface area (Å²) < 4.78 is 5.62. The number of carboxylic acid groups (broad SMARTS) is 1. The van der Waals surface area contributed by atoms with Gasteiger partial charge >= 0.3 is 5.97 Å². The lowest BCUT2D eigenvalue weighted by molar-refractivity contribution is 0.0682. The number of aromatic carboxylic acids is 1. The van der Waals surface area contributed by atoms with Crippen LogP contribution in [0, 0.1) is 0 Å². The standard InChI is InChI=1S/C25H34N4O4/c1-18(2)33-15-7-12-28(3)21-10-13-29(14-11-21)23-22(25(31)32)16-20(17-26-23)27-24(30)19-8-5-4-6-9-19/h4-6,8-9,16-18,21H,7,10-15H2,1-3H3,(H,27,30)(H,31,32). The van der Waals surface area contributed by atoms with Gasteiger partial charge in [-0.25, -0.2) is 9.78 Å². The molecule has 0 aliphatic carbocycles. The van der Waals surface area contributed by atoms with Crippen LogP contribution in [-0.2, 0) is 4.74 Å². The van der Waals surface area contributed by atoms with Crippen molar-refractivity contribution in [2.75, 3.05) is 43.5 Å². The Bertz CT molecular complexity index is 927. The fourth-order valence-corrected chi connectivity index (χ4v) is 4.06. The third-order valence-electron chi connectivity index (χ3n) is 5.88. The second-order valence-corrected chi connectivity index (χ2v) is 8.69. The quantitative estimate of drug-likeness (QED) is 0.528. The van der Waals surface area contributed by atoms with Gasteiger partial charge in [-0.05, 0) is 58.4 Å². The Morgan fingerprint density at radius 2 is 1.94 bits per heavy atom. The van der Waals surface area contributed by atoms with E-state index in [-0.39, 0.29) is 17.6 Å². The molecule has 1 aromatic carbocycles. The van der Waals surface area contributed by atoms with Crippen molar-refractivity contribution in [3.8, 4) is 0 Å². The lowest BCUT2D eigenvalue weighted by Crippen LogP contribution is -2.44. The Morgan fingerprint density at radius 3 is 2.58 bits per heavy atom. The highest BCUT2D eigenvalue weighted by molar-refractivity contribution is 6.05. The minimum absolute atomic E-state index is 0.0958. The van der Waals surface area contributed by atoms with E-state index < -0.39 is 5.97 Å². The number of carbonyl (C=O) groups is 2. The number of piperidine rings is 1. The van der Waals surface area contributed by atoms with Crippen LogP contribution in [0.2, 0.25) is 0 Å². The molecule has 0 unspecified atom stereocenters. The summed E-state index contributed by atoms with van der Waals surface area (Å²) >= 11 is 0. The normalized spacial score (nSPS) is 14.6. The highest BCUT2D eigenvalue weighted by Crippen LogP contribution is 2.26. The predicted octanol–water partition coefficient (Wildman–Crippen LogP) is 3.75. The number of nitrogens with one attached hydrogen (secondary N) is 1. The summed E-state index contributed by atoms with van der Waals surface area (Å²) in [6.07, 6.45) is 4.65. The van der Waals surface area contributed by atoms with E-state index in [9.17, 15) is 14.7 Å². The molecule has 8 nitrogen and oxygen atoms in total. The van der Waals surface area contributed by atoms with E-state index in [1.165, 1.54) is 12.3 Å². The summed E-state index contributed by atoms with van der Waals surface area (Å²) in [6.45, 7) is 7.30. The van der Waals surface area contributed by atoms with E-state index in [1.807, 2.05) is 24.8 Å². The Balaban J connectivity index is 1.59. The number of amides is 1. The molecule has 178 valence electrons. The van der Waals surface area contributed by atoms with Crippen molar-refractivity contribution in [3.05, 3.63) is 53.7 Å². The largest absolute Gasteiger partial charge is 0.478 e. The predicted molar refractivity (Wildman–Crippen MR) is 129 cm³/mol. The molecule has 1 aliphatic heterocycles. The zero-order valence-electron chi connectivity index (χ0n) is 19.7. The topological polar surface area (TPSA) is 95.0 Å². The molecule has 0 spiro atoms. The number of hydrogen-bond acceptors (Lipinski definition) is 6. The molecular formula is C25H34N4O4. The first kappa shape index (κ1) is 24.7. The summed E-state index contributed by atoms with van der Waals surface area (Å²) in [6, 6.07) is 10.7. The maximum absolute atomic E-state index is 12.4. The number of benzene rings is 1. The maximum Gasteiger partial charge on any atom is 0.339 e. The van der Waals surface area contributed by atoms with Gasteiger partial charge in [0, 0.05) is 37.8 Å². The van der Waals surface area contributed by atoms with Crippen molar-refractivity contribution in [1.82, 2.24) is 9.88 Å². The molecule has 2 heterocycles. The van der Waals surface area contributed by atoms with Crippen molar-refractivity contribution in [1.29, 1.82) is 0 Å². The SMILES string of the molecule is CC(C)OCCCN(C)C1CCN(c2ncc(NC(=O)c3ccccc3)cc2C(=O)O)CC1. The first-order valence-corrected chi connectivity index (χ1v) is 11.5. The summed E-state index contributed by atoms with van der Waals surface area (Å²) in [5.41, 5.74) is 0.960. The molecule has 2 aromatic rings. The molecule has 3 rings (SSSR count). The minimum Gasteiger partial charge on any atom is -0.478 e. The molecule has 2 N–H and O–H groups in total. The molecule has 1 aliphatic rings. The monoisotopic (exact) mass is 454 g/mol. The van der Waals surface area contributed by atoms with Crippen LogP contribution in [0.25, 0.3) is 0 Å². The molecule has 33 heavy (non-hydrogen) atoms. The molecule has 1 saturated heterocycles. The summed E-state index contributed by atoms with van der Waals surface area (Å²) in [7, 11) is 2.14. The second kappa shape index (κ2) is 11.8. The van der Waals surface area contributed by atoms with Gasteiger partial charge < -0.3 is 25.0 Å². The third kappa shape index (κ3) is 7.00. The number of anilines is 2. The van der Waals surface area contributed by atoms with Gasteiger partial charge in [-0.15, -0.1) is 0 Å². The summed E-state index contributed by atoms with van der Waals surface area (Å²) in [5.74, 6) is -0.909. The second-order valence-electron chi connectivity index (χ2n) is 8.69. The smallest absolute Gasteiger partial charge is 0.339 e. The lowest BCUT2D eigenvalue weighted by Gasteiger charge is -2.37. The zero-order valence-corrected chi connectivity index (χ0v) is 19.7. The maximum atomic E-state index is 12.4. The molecule has 0 radical (unpaired) electrons. The zero-order chi connectivity index (χ0) is 23.8. The molecule has 1 aromatic heterocycles. The number of rotatable bonds is 10. The van der Waals surface area contributed by atoms with Gasteiger partial charge in [0.2, 0.25) is 0 Å². The van der Waals surface area contributed by atoms with Gasteiger partial charge in [0.25, 0.3) is 5.91 Å². The first-order chi connectivity index (χ1) is 15.8. The van der Waals surface area contributed by atoms with Crippen molar-refractivity contribution >= 4 is 23.4 Å². The third-order valence-corrected chi connectivity index (χ3v) is 5.88. The van der Waals surface area contributed by atoms with Crippen LogP contribution in [0.4, 0.5) is 11.5 Å². The van der Waals surface area contributed by atoms with Crippen LogP contribution < -0.4 is 10.2 Å². The van der Waals surface area contributed by atoms with Gasteiger partial charge in [-0.2, -0.15) is 0 Å². The molecular weight excluding hydrogens is 420 g/mol. The number of ether oxygens (including phenoxy) is 1. The van der Waals surface area contributed by atoms with Crippen LogP contribution in [0.1, 0.15) is 53.8 Å². The Labute approximate surface area is 195 Å². The molecule has 1 fully saturated rings. The van der Waals surface area contributed by atoms with Crippen molar-refractivity contribution in [3.63, 3.8) is 0 Å². The molecule has 0 saturated carbocycles. The van der Waals surface area contributed by atoms with Gasteiger partial charge in [-0.1, -0.05) is 18.2 Å². The number of hydrogen-bond donors (Lipinski definition) is 2.